The fraction of sp³-hybridized carbons (Fsp3) is 0.100. The molecule has 5 heteroatoms. The van der Waals surface area contributed by atoms with Crippen LogP contribution in [0.1, 0.15) is 5.01 Å². The molecule has 0 bridgehead atoms. The number of hydrogen-bond acceptors (Lipinski definition) is 3. The summed E-state index contributed by atoms with van der Waals surface area (Å²) in [7, 11) is 0. The lowest BCUT2D eigenvalue weighted by molar-refractivity contribution is -0.116. The molecule has 0 aliphatic heterocycles. The number of carbonyl (C=O) groups excluding carboxylic acids is 1. The minimum atomic E-state index is -0.0549. The van der Waals surface area contributed by atoms with E-state index in [0.717, 1.165) is 32.9 Å². The highest BCUT2D eigenvalue weighted by Gasteiger charge is 2.11. The van der Waals surface area contributed by atoms with Gasteiger partial charge in [0.05, 0.1) is 16.4 Å². The van der Waals surface area contributed by atoms with Crippen molar-refractivity contribution in [2.75, 3.05) is 5.32 Å². The van der Waals surface area contributed by atoms with Crippen molar-refractivity contribution in [1.82, 2.24) is 9.55 Å². The van der Waals surface area contributed by atoms with Crippen LogP contribution in [0.4, 0.5) is 5.69 Å². The molecule has 4 aromatic rings. The molecule has 1 N–H and O–H groups in total. The Labute approximate surface area is 149 Å². The first-order valence-corrected chi connectivity index (χ1v) is 8.94. The van der Waals surface area contributed by atoms with Crippen LogP contribution in [0.2, 0.25) is 0 Å². The third-order valence-electron chi connectivity index (χ3n) is 4.09. The highest BCUT2D eigenvalue weighted by atomic mass is 32.1. The van der Waals surface area contributed by atoms with Crippen LogP contribution in [0.15, 0.2) is 66.2 Å². The summed E-state index contributed by atoms with van der Waals surface area (Å²) < 4.78 is 1.96. The van der Waals surface area contributed by atoms with Gasteiger partial charge in [0, 0.05) is 22.7 Å². The van der Waals surface area contributed by atoms with E-state index in [9.17, 15) is 4.79 Å². The van der Waals surface area contributed by atoms with E-state index >= 15 is 0 Å². The molecule has 0 aliphatic carbocycles. The van der Waals surface area contributed by atoms with E-state index in [1.807, 2.05) is 77.7 Å². The average molecular weight is 347 g/mol. The summed E-state index contributed by atoms with van der Waals surface area (Å²) in [5, 5.41) is 7.18. The van der Waals surface area contributed by atoms with Gasteiger partial charge in [-0.2, -0.15) is 0 Å². The van der Waals surface area contributed by atoms with Crippen molar-refractivity contribution in [2.45, 2.75) is 13.5 Å². The summed E-state index contributed by atoms with van der Waals surface area (Å²) in [4.78, 5) is 17.1. The summed E-state index contributed by atoms with van der Waals surface area (Å²) in [5.41, 5.74) is 3.68. The molecule has 0 radical (unpaired) electrons. The molecule has 0 saturated carbocycles. The van der Waals surface area contributed by atoms with Crippen LogP contribution in [0.3, 0.4) is 0 Å². The van der Waals surface area contributed by atoms with Gasteiger partial charge in [-0.15, -0.1) is 11.3 Å². The molecule has 0 unspecified atom stereocenters. The van der Waals surface area contributed by atoms with Crippen molar-refractivity contribution in [3.8, 4) is 11.3 Å². The molecule has 2 aromatic carbocycles. The number of anilines is 1. The molecule has 1 amide bonds. The SMILES string of the molecule is Cc1nc(-c2ccccc2NC(=O)Cn2ccc3ccccc32)cs1. The van der Waals surface area contributed by atoms with E-state index in [1.165, 1.54) is 0 Å². The summed E-state index contributed by atoms with van der Waals surface area (Å²) in [6.45, 7) is 2.25. The van der Waals surface area contributed by atoms with Crippen LogP contribution in [0.25, 0.3) is 22.2 Å². The molecular formula is C20H17N3OS. The maximum Gasteiger partial charge on any atom is 0.244 e. The molecule has 2 aromatic heterocycles. The van der Waals surface area contributed by atoms with E-state index in [2.05, 4.69) is 10.3 Å². The zero-order valence-electron chi connectivity index (χ0n) is 13.8. The van der Waals surface area contributed by atoms with Crippen LogP contribution in [0, 0.1) is 6.92 Å². The van der Waals surface area contributed by atoms with Gasteiger partial charge < -0.3 is 9.88 Å². The minimum absolute atomic E-state index is 0.0549. The smallest absolute Gasteiger partial charge is 0.244 e. The molecule has 2 heterocycles. The Morgan fingerprint density at radius 1 is 1.12 bits per heavy atom. The normalized spacial score (nSPS) is 10.9. The van der Waals surface area contributed by atoms with E-state index in [-0.39, 0.29) is 12.5 Å². The van der Waals surface area contributed by atoms with Crippen LogP contribution >= 0.6 is 11.3 Å². The zero-order valence-corrected chi connectivity index (χ0v) is 14.6. The monoisotopic (exact) mass is 347 g/mol. The number of hydrogen-bond donors (Lipinski definition) is 1. The lowest BCUT2D eigenvalue weighted by Crippen LogP contribution is -2.18. The number of fused-ring (bicyclic) bond motifs is 1. The first-order chi connectivity index (χ1) is 12.2. The van der Waals surface area contributed by atoms with Crippen molar-refractivity contribution >= 4 is 33.8 Å². The average Bonchev–Trinajstić information content (AvgIpc) is 3.22. The Balaban J connectivity index is 1.57. The van der Waals surface area contributed by atoms with Gasteiger partial charge in [-0.3, -0.25) is 4.79 Å². The second-order valence-electron chi connectivity index (χ2n) is 5.85. The highest BCUT2D eigenvalue weighted by molar-refractivity contribution is 7.09. The van der Waals surface area contributed by atoms with Gasteiger partial charge in [0.25, 0.3) is 0 Å². The van der Waals surface area contributed by atoms with Gasteiger partial charge in [-0.25, -0.2) is 4.98 Å². The van der Waals surface area contributed by atoms with Crippen LogP contribution in [-0.2, 0) is 11.3 Å². The molecule has 0 spiro atoms. The zero-order chi connectivity index (χ0) is 17.2. The molecule has 0 aliphatic rings. The largest absolute Gasteiger partial charge is 0.338 e. The summed E-state index contributed by atoms with van der Waals surface area (Å²) >= 11 is 1.60. The van der Waals surface area contributed by atoms with Crippen LogP contribution in [0.5, 0.6) is 0 Å². The van der Waals surface area contributed by atoms with Gasteiger partial charge in [0.2, 0.25) is 5.91 Å². The van der Waals surface area contributed by atoms with E-state index in [4.69, 9.17) is 0 Å². The van der Waals surface area contributed by atoms with E-state index < -0.39 is 0 Å². The maximum absolute atomic E-state index is 12.6. The number of para-hydroxylation sites is 2. The lowest BCUT2D eigenvalue weighted by Gasteiger charge is -2.11. The lowest BCUT2D eigenvalue weighted by atomic mass is 10.1. The van der Waals surface area contributed by atoms with E-state index in [1.54, 1.807) is 11.3 Å². The number of carbonyl (C=O) groups is 1. The number of aryl methyl sites for hydroxylation is 1. The van der Waals surface area contributed by atoms with Crippen molar-refractivity contribution in [3.63, 3.8) is 0 Å². The van der Waals surface area contributed by atoms with E-state index in [0.29, 0.717) is 0 Å². The first-order valence-electron chi connectivity index (χ1n) is 8.06. The van der Waals surface area contributed by atoms with Crippen LogP contribution in [-0.4, -0.2) is 15.5 Å². The minimum Gasteiger partial charge on any atom is -0.338 e. The second kappa shape index (κ2) is 6.53. The molecule has 0 atom stereocenters. The number of thiazole rings is 1. The molecular weight excluding hydrogens is 330 g/mol. The number of aromatic nitrogens is 2. The van der Waals surface area contributed by atoms with Crippen molar-refractivity contribution < 1.29 is 4.79 Å². The molecule has 0 saturated heterocycles. The van der Waals surface area contributed by atoms with Crippen molar-refractivity contribution in [2.24, 2.45) is 0 Å². The Kier molecular flexibility index (Phi) is 4.07. The third kappa shape index (κ3) is 3.19. The van der Waals surface area contributed by atoms with Gasteiger partial charge in [-0.1, -0.05) is 36.4 Å². The summed E-state index contributed by atoms with van der Waals surface area (Å²) in [6.07, 6.45) is 1.94. The van der Waals surface area contributed by atoms with Crippen LogP contribution < -0.4 is 5.32 Å². The molecule has 0 fully saturated rings. The van der Waals surface area contributed by atoms with Gasteiger partial charge in [-0.05, 0) is 30.5 Å². The fourth-order valence-corrected chi connectivity index (χ4v) is 3.54. The molecule has 25 heavy (non-hydrogen) atoms. The van der Waals surface area contributed by atoms with Gasteiger partial charge in [0.15, 0.2) is 0 Å². The predicted molar refractivity (Wildman–Crippen MR) is 103 cm³/mol. The second-order valence-corrected chi connectivity index (χ2v) is 6.91. The number of amides is 1. The maximum atomic E-state index is 12.6. The standard InChI is InChI=1S/C20H17N3OS/c1-14-21-18(13-25-14)16-7-3-4-8-17(16)22-20(24)12-23-11-10-15-6-2-5-9-19(15)23/h2-11,13H,12H2,1H3,(H,22,24). The molecule has 124 valence electrons. The number of benzene rings is 2. The Morgan fingerprint density at radius 2 is 1.92 bits per heavy atom. The summed E-state index contributed by atoms with van der Waals surface area (Å²) in [6, 6.07) is 17.8. The highest BCUT2D eigenvalue weighted by Crippen LogP contribution is 2.28. The quantitative estimate of drug-likeness (QED) is 0.581. The molecule has 4 nitrogen and oxygen atoms in total. The number of nitrogens with one attached hydrogen (secondary N) is 1. The fourth-order valence-electron chi connectivity index (χ4n) is 2.93. The van der Waals surface area contributed by atoms with Gasteiger partial charge >= 0.3 is 0 Å². The topological polar surface area (TPSA) is 46.9 Å². The van der Waals surface area contributed by atoms with Crippen molar-refractivity contribution in [1.29, 1.82) is 0 Å². The Hall–Kier alpha value is -2.92. The number of nitrogens with zero attached hydrogens (tertiary/aromatic N) is 2. The number of rotatable bonds is 4. The third-order valence-corrected chi connectivity index (χ3v) is 4.86. The first kappa shape index (κ1) is 15.6. The Morgan fingerprint density at radius 3 is 2.76 bits per heavy atom. The van der Waals surface area contributed by atoms with Gasteiger partial charge in [0.1, 0.15) is 6.54 Å². The molecule has 4 rings (SSSR count). The van der Waals surface area contributed by atoms with Crippen molar-refractivity contribution in [3.05, 3.63) is 71.2 Å². The Bertz CT molecular complexity index is 1050. The predicted octanol–water partition coefficient (Wildman–Crippen LogP) is 4.71. The summed E-state index contributed by atoms with van der Waals surface area (Å²) in [5.74, 6) is -0.0549.